The van der Waals surface area contributed by atoms with Gasteiger partial charge in [0.2, 0.25) is 11.8 Å². The van der Waals surface area contributed by atoms with E-state index in [1.54, 1.807) is 4.90 Å². The third kappa shape index (κ3) is 2.87. The van der Waals surface area contributed by atoms with Gasteiger partial charge in [-0.05, 0) is 37.0 Å². The summed E-state index contributed by atoms with van der Waals surface area (Å²) in [7, 11) is 0. The van der Waals surface area contributed by atoms with Gasteiger partial charge in [0.15, 0.2) is 0 Å². The lowest BCUT2D eigenvalue weighted by atomic mass is 9.74. The van der Waals surface area contributed by atoms with E-state index in [0.29, 0.717) is 25.3 Å². The second kappa shape index (κ2) is 6.07. The van der Waals surface area contributed by atoms with Crippen LogP contribution in [0.4, 0.5) is 0 Å². The van der Waals surface area contributed by atoms with Crippen LogP contribution in [0.15, 0.2) is 0 Å². The van der Waals surface area contributed by atoms with Crippen molar-refractivity contribution < 1.29 is 9.59 Å². The predicted octanol–water partition coefficient (Wildman–Crippen LogP) is 2.60. The van der Waals surface area contributed by atoms with Crippen LogP contribution in [-0.4, -0.2) is 29.3 Å². The molecule has 118 valence electrons. The minimum Gasteiger partial charge on any atom is -0.328 e. The van der Waals surface area contributed by atoms with Gasteiger partial charge in [0.05, 0.1) is 6.04 Å². The molecule has 1 unspecified atom stereocenters. The Hall–Kier alpha value is -0.900. The van der Waals surface area contributed by atoms with Gasteiger partial charge in [0.25, 0.3) is 0 Å². The molecule has 3 rings (SSSR count). The number of nitrogens with two attached hydrogens (primary N) is 1. The fourth-order valence-corrected chi connectivity index (χ4v) is 4.89. The van der Waals surface area contributed by atoms with Gasteiger partial charge >= 0.3 is 0 Å². The van der Waals surface area contributed by atoms with E-state index >= 15 is 0 Å². The Morgan fingerprint density at radius 1 is 1.00 bits per heavy atom. The Labute approximate surface area is 127 Å². The molecule has 21 heavy (non-hydrogen) atoms. The topological polar surface area (TPSA) is 63.4 Å². The second-order valence-electron chi connectivity index (χ2n) is 7.42. The van der Waals surface area contributed by atoms with Crippen molar-refractivity contribution in [2.24, 2.45) is 17.1 Å². The molecule has 0 bridgehead atoms. The summed E-state index contributed by atoms with van der Waals surface area (Å²) in [4.78, 5) is 26.9. The molecule has 0 aromatic rings. The van der Waals surface area contributed by atoms with Crippen LogP contribution in [0.3, 0.4) is 0 Å². The number of imide groups is 1. The SMILES string of the molecule is NCC(C1CCCCC1)N1C(=O)CC2(CCCC2)CC1=O. The molecule has 2 N–H and O–H groups in total. The highest BCUT2D eigenvalue weighted by Crippen LogP contribution is 2.47. The number of nitrogens with zero attached hydrogens (tertiary/aromatic N) is 1. The summed E-state index contributed by atoms with van der Waals surface area (Å²) in [6.45, 7) is 0.426. The number of hydrogen-bond donors (Lipinski definition) is 1. The first-order valence-corrected chi connectivity index (χ1v) is 8.70. The van der Waals surface area contributed by atoms with Crippen LogP contribution >= 0.6 is 0 Å². The molecular formula is C17H28N2O2. The summed E-state index contributed by atoms with van der Waals surface area (Å²) in [6.07, 6.45) is 11.5. The highest BCUT2D eigenvalue weighted by Gasteiger charge is 2.47. The molecule has 1 atom stereocenters. The zero-order chi connectivity index (χ0) is 14.9. The van der Waals surface area contributed by atoms with E-state index in [4.69, 9.17) is 5.73 Å². The number of piperidine rings is 1. The van der Waals surface area contributed by atoms with Crippen LogP contribution in [0.1, 0.15) is 70.6 Å². The Bertz CT molecular complexity index is 389. The molecule has 4 heteroatoms. The Balaban J connectivity index is 1.74. The van der Waals surface area contributed by atoms with Crippen LogP contribution in [0.2, 0.25) is 0 Å². The van der Waals surface area contributed by atoms with Crippen molar-refractivity contribution in [3.8, 4) is 0 Å². The van der Waals surface area contributed by atoms with E-state index in [0.717, 1.165) is 25.7 Å². The highest BCUT2D eigenvalue weighted by atomic mass is 16.2. The van der Waals surface area contributed by atoms with E-state index < -0.39 is 0 Å². The maximum atomic E-state index is 12.7. The minimum atomic E-state index is -0.0518. The largest absolute Gasteiger partial charge is 0.328 e. The molecule has 1 saturated heterocycles. The van der Waals surface area contributed by atoms with E-state index in [1.165, 1.54) is 32.1 Å². The molecule has 1 spiro atoms. The average molecular weight is 292 g/mol. The van der Waals surface area contributed by atoms with E-state index in [2.05, 4.69) is 0 Å². The van der Waals surface area contributed by atoms with Gasteiger partial charge in [-0.3, -0.25) is 14.5 Å². The first-order chi connectivity index (χ1) is 10.2. The summed E-state index contributed by atoms with van der Waals surface area (Å²) in [5, 5.41) is 0. The highest BCUT2D eigenvalue weighted by molar-refractivity contribution is 5.99. The fourth-order valence-electron chi connectivity index (χ4n) is 4.89. The summed E-state index contributed by atoms with van der Waals surface area (Å²) >= 11 is 0. The van der Waals surface area contributed by atoms with Crippen LogP contribution in [0.5, 0.6) is 0 Å². The lowest BCUT2D eigenvalue weighted by Crippen LogP contribution is -2.56. The zero-order valence-corrected chi connectivity index (χ0v) is 13.0. The molecule has 0 radical (unpaired) electrons. The number of carbonyl (C=O) groups is 2. The molecule has 1 aliphatic heterocycles. The van der Waals surface area contributed by atoms with Crippen molar-refractivity contribution in [1.82, 2.24) is 4.90 Å². The molecule has 3 fully saturated rings. The monoisotopic (exact) mass is 292 g/mol. The first kappa shape index (κ1) is 15.0. The van der Waals surface area contributed by atoms with Gasteiger partial charge in [-0.25, -0.2) is 0 Å². The van der Waals surface area contributed by atoms with Crippen molar-refractivity contribution in [2.45, 2.75) is 76.7 Å². The Morgan fingerprint density at radius 3 is 2.10 bits per heavy atom. The smallest absolute Gasteiger partial charge is 0.230 e. The second-order valence-corrected chi connectivity index (χ2v) is 7.42. The molecule has 3 aliphatic rings. The summed E-state index contributed by atoms with van der Waals surface area (Å²) < 4.78 is 0. The van der Waals surface area contributed by atoms with Gasteiger partial charge in [-0.15, -0.1) is 0 Å². The lowest BCUT2D eigenvalue weighted by molar-refractivity contribution is -0.158. The number of hydrogen-bond acceptors (Lipinski definition) is 3. The molecule has 0 aromatic heterocycles. The van der Waals surface area contributed by atoms with Crippen LogP contribution in [0.25, 0.3) is 0 Å². The van der Waals surface area contributed by atoms with Crippen molar-refractivity contribution in [2.75, 3.05) is 6.54 Å². The molecule has 2 saturated carbocycles. The normalized spacial score (nSPS) is 28.3. The predicted molar refractivity (Wildman–Crippen MR) is 81.4 cm³/mol. The number of amides is 2. The third-order valence-corrected chi connectivity index (χ3v) is 6.02. The first-order valence-electron chi connectivity index (χ1n) is 8.70. The third-order valence-electron chi connectivity index (χ3n) is 6.02. The number of carbonyl (C=O) groups excluding carboxylic acids is 2. The van der Waals surface area contributed by atoms with Gasteiger partial charge in [-0.1, -0.05) is 32.1 Å². The fraction of sp³-hybridized carbons (Fsp3) is 0.882. The summed E-state index contributed by atoms with van der Waals surface area (Å²) in [5.74, 6) is 0.526. The molecule has 0 aromatic carbocycles. The van der Waals surface area contributed by atoms with Crippen molar-refractivity contribution in [3.05, 3.63) is 0 Å². The van der Waals surface area contributed by atoms with Crippen LogP contribution in [0, 0.1) is 11.3 Å². The van der Waals surface area contributed by atoms with Gasteiger partial charge < -0.3 is 5.73 Å². The molecule has 4 nitrogen and oxygen atoms in total. The number of rotatable bonds is 3. The Kier molecular flexibility index (Phi) is 4.34. The lowest BCUT2D eigenvalue weighted by Gasteiger charge is -2.43. The molecule has 2 amide bonds. The maximum Gasteiger partial charge on any atom is 0.230 e. The molecule has 1 heterocycles. The van der Waals surface area contributed by atoms with Gasteiger partial charge in [-0.2, -0.15) is 0 Å². The van der Waals surface area contributed by atoms with Crippen LogP contribution in [-0.2, 0) is 9.59 Å². The summed E-state index contributed by atoms with van der Waals surface area (Å²) in [6, 6.07) is -0.0518. The Morgan fingerprint density at radius 2 is 1.57 bits per heavy atom. The quantitative estimate of drug-likeness (QED) is 0.813. The maximum absolute atomic E-state index is 12.7. The molecule has 2 aliphatic carbocycles. The van der Waals surface area contributed by atoms with Crippen molar-refractivity contribution >= 4 is 11.8 Å². The van der Waals surface area contributed by atoms with Crippen LogP contribution < -0.4 is 5.73 Å². The van der Waals surface area contributed by atoms with E-state index in [1.807, 2.05) is 0 Å². The summed E-state index contributed by atoms with van der Waals surface area (Å²) in [5.41, 5.74) is 5.95. The van der Waals surface area contributed by atoms with Gasteiger partial charge in [0, 0.05) is 19.4 Å². The average Bonchev–Trinajstić information content (AvgIpc) is 2.91. The van der Waals surface area contributed by atoms with E-state index in [-0.39, 0.29) is 23.3 Å². The minimum absolute atomic E-state index is 0.00359. The molecular weight excluding hydrogens is 264 g/mol. The van der Waals surface area contributed by atoms with Crippen molar-refractivity contribution in [1.29, 1.82) is 0 Å². The van der Waals surface area contributed by atoms with Gasteiger partial charge in [0.1, 0.15) is 0 Å². The number of likely N-dealkylation sites (tertiary alicyclic amines) is 1. The standard InChI is InChI=1S/C17H28N2O2/c18-12-14(13-6-2-1-3-7-13)19-15(20)10-17(11-16(19)21)8-4-5-9-17/h13-14H,1-12,18H2. The van der Waals surface area contributed by atoms with E-state index in [9.17, 15) is 9.59 Å². The zero-order valence-electron chi connectivity index (χ0n) is 13.0. The van der Waals surface area contributed by atoms with Crippen molar-refractivity contribution in [3.63, 3.8) is 0 Å².